The van der Waals surface area contributed by atoms with E-state index in [1.165, 1.54) is 11.0 Å². The molecule has 26 heavy (non-hydrogen) atoms. The number of benzene rings is 1. The van der Waals surface area contributed by atoms with E-state index in [-0.39, 0.29) is 18.7 Å². The van der Waals surface area contributed by atoms with Crippen LogP contribution in [0, 0.1) is 11.3 Å². The Bertz CT molecular complexity index is 992. The van der Waals surface area contributed by atoms with Crippen molar-refractivity contribution in [3.05, 3.63) is 88.5 Å². The van der Waals surface area contributed by atoms with Gasteiger partial charge in [0.15, 0.2) is 0 Å². The van der Waals surface area contributed by atoms with Crippen molar-refractivity contribution in [2.45, 2.75) is 6.54 Å². The highest BCUT2D eigenvalue weighted by atomic mass is 16.2. The van der Waals surface area contributed by atoms with Gasteiger partial charge >= 0.3 is 0 Å². The van der Waals surface area contributed by atoms with Crippen molar-refractivity contribution in [1.29, 1.82) is 5.26 Å². The Morgan fingerprint density at radius 2 is 1.81 bits per heavy atom. The first-order chi connectivity index (χ1) is 12.7. The van der Waals surface area contributed by atoms with Gasteiger partial charge in [0.1, 0.15) is 12.1 Å². The molecule has 0 aliphatic rings. The maximum Gasteiger partial charge on any atom is 0.261 e. The summed E-state index contributed by atoms with van der Waals surface area (Å²) >= 11 is 0. The van der Waals surface area contributed by atoms with Crippen LogP contribution in [0.25, 0.3) is 11.3 Å². The van der Waals surface area contributed by atoms with E-state index in [9.17, 15) is 9.59 Å². The number of nitrogens with zero attached hydrogens (tertiary/aromatic N) is 3. The minimum absolute atomic E-state index is 0.00832. The van der Waals surface area contributed by atoms with Crippen molar-refractivity contribution in [1.82, 2.24) is 14.9 Å². The Morgan fingerprint density at radius 1 is 1.08 bits per heavy atom. The van der Waals surface area contributed by atoms with Gasteiger partial charge in [-0.25, -0.2) is 0 Å². The first kappa shape index (κ1) is 17.1. The lowest BCUT2D eigenvalue weighted by molar-refractivity contribution is 0.0763. The molecule has 3 rings (SSSR count). The van der Waals surface area contributed by atoms with Crippen LogP contribution in [0.2, 0.25) is 0 Å². The van der Waals surface area contributed by atoms with Crippen molar-refractivity contribution in [2.75, 3.05) is 6.54 Å². The fourth-order valence-electron chi connectivity index (χ4n) is 2.60. The minimum Gasteiger partial charge on any atom is -0.321 e. The third kappa shape index (κ3) is 3.84. The molecule has 3 aromatic rings. The molecule has 1 amide bonds. The molecule has 0 spiro atoms. The van der Waals surface area contributed by atoms with Gasteiger partial charge in [0.25, 0.3) is 11.5 Å². The van der Waals surface area contributed by atoms with E-state index in [0.29, 0.717) is 5.69 Å². The van der Waals surface area contributed by atoms with Crippen LogP contribution in [0.4, 0.5) is 0 Å². The van der Waals surface area contributed by atoms with E-state index in [1.807, 2.05) is 36.4 Å². The number of carbonyl (C=O) groups excluding carboxylic acids is 1. The lowest BCUT2D eigenvalue weighted by Gasteiger charge is -2.19. The molecule has 6 nitrogen and oxygen atoms in total. The predicted molar refractivity (Wildman–Crippen MR) is 97.1 cm³/mol. The quantitative estimate of drug-likeness (QED) is 0.720. The Balaban J connectivity index is 1.87. The summed E-state index contributed by atoms with van der Waals surface area (Å²) in [5, 5.41) is 9.04. The van der Waals surface area contributed by atoms with Gasteiger partial charge < -0.3 is 9.88 Å². The smallest absolute Gasteiger partial charge is 0.261 e. The number of aromatic amines is 1. The highest BCUT2D eigenvalue weighted by molar-refractivity contribution is 5.94. The molecule has 2 aromatic heterocycles. The summed E-state index contributed by atoms with van der Waals surface area (Å²) in [5.41, 5.74) is 1.81. The van der Waals surface area contributed by atoms with Gasteiger partial charge in [-0.1, -0.05) is 30.3 Å². The second kappa shape index (κ2) is 7.90. The molecule has 0 radical (unpaired) electrons. The molecular formula is C20H16N4O2. The fourth-order valence-corrected chi connectivity index (χ4v) is 2.60. The monoisotopic (exact) mass is 344 g/mol. The summed E-state index contributed by atoms with van der Waals surface area (Å²) in [6, 6.07) is 18.0. The number of nitrogens with one attached hydrogen (secondary N) is 1. The summed E-state index contributed by atoms with van der Waals surface area (Å²) in [5.74, 6) is -0.474. The third-order valence-corrected chi connectivity index (χ3v) is 3.90. The van der Waals surface area contributed by atoms with Gasteiger partial charge in [-0.2, -0.15) is 5.26 Å². The summed E-state index contributed by atoms with van der Waals surface area (Å²) in [7, 11) is 0. The maximum absolute atomic E-state index is 12.8. The van der Waals surface area contributed by atoms with E-state index < -0.39 is 11.5 Å². The Morgan fingerprint density at radius 3 is 2.46 bits per heavy atom. The number of rotatable bonds is 5. The average Bonchev–Trinajstić information content (AvgIpc) is 2.68. The van der Waals surface area contributed by atoms with Crippen LogP contribution in [0.5, 0.6) is 0 Å². The van der Waals surface area contributed by atoms with Crippen molar-refractivity contribution < 1.29 is 4.79 Å². The standard InChI is InChI=1S/C20H16N4O2/c21-10-13-24(14-15-4-2-1-3-5-15)20(26)17-6-7-18(23-19(17)25)16-8-11-22-12-9-16/h1-9,11-12H,13-14H2,(H,23,25). The zero-order chi connectivity index (χ0) is 18.4. The Labute approximate surface area is 150 Å². The van der Waals surface area contributed by atoms with Crippen molar-refractivity contribution in [2.24, 2.45) is 0 Å². The molecule has 1 N–H and O–H groups in total. The lowest BCUT2D eigenvalue weighted by atomic mass is 10.1. The average molecular weight is 344 g/mol. The molecule has 0 unspecified atom stereocenters. The molecule has 0 saturated heterocycles. The van der Waals surface area contributed by atoms with Gasteiger partial charge in [-0.15, -0.1) is 0 Å². The van der Waals surface area contributed by atoms with E-state index in [1.54, 1.807) is 30.6 Å². The number of hydrogen-bond acceptors (Lipinski definition) is 4. The lowest BCUT2D eigenvalue weighted by Crippen LogP contribution is -2.34. The molecular weight excluding hydrogens is 328 g/mol. The summed E-state index contributed by atoms with van der Waals surface area (Å²) in [6.45, 7) is 0.165. The molecule has 6 heteroatoms. The topological polar surface area (TPSA) is 89.8 Å². The Kier molecular flexibility index (Phi) is 5.20. The second-order valence-corrected chi connectivity index (χ2v) is 5.66. The Hall–Kier alpha value is -3.72. The first-order valence-electron chi connectivity index (χ1n) is 8.03. The van der Waals surface area contributed by atoms with Crippen LogP contribution < -0.4 is 5.56 Å². The predicted octanol–water partition coefficient (Wildman–Crippen LogP) is 2.60. The number of H-pyrrole nitrogens is 1. The van der Waals surface area contributed by atoms with E-state index in [2.05, 4.69) is 9.97 Å². The summed E-state index contributed by atoms with van der Waals surface area (Å²) < 4.78 is 0. The molecule has 2 heterocycles. The largest absolute Gasteiger partial charge is 0.321 e. The van der Waals surface area contributed by atoms with E-state index in [0.717, 1.165) is 11.1 Å². The van der Waals surface area contributed by atoms with Crippen LogP contribution in [-0.4, -0.2) is 27.3 Å². The molecule has 0 atom stereocenters. The highest BCUT2D eigenvalue weighted by Crippen LogP contribution is 2.15. The number of aromatic nitrogens is 2. The zero-order valence-corrected chi connectivity index (χ0v) is 13.9. The molecule has 128 valence electrons. The molecule has 0 aliphatic heterocycles. The second-order valence-electron chi connectivity index (χ2n) is 5.66. The normalized spacial score (nSPS) is 10.1. The van der Waals surface area contributed by atoms with Crippen LogP contribution in [0.3, 0.4) is 0 Å². The van der Waals surface area contributed by atoms with Gasteiger partial charge in [-0.05, 0) is 29.8 Å². The van der Waals surface area contributed by atoms with Crippen LogP contribution >= 0.6 is 0 Å². The SMILES string of the molecule is N#CCN(Cc1ccccc1)C(=O)c1ccc(-c2ccncc2)[nH]c1=O. The highest BCUT2D eigenvalue weighted by Gasteiger charge is 2.19. The van der Waals surface area contributed by atoms with Crippen molar-refractivity contribution >= 4 is 5.91 Å². The summed E-state index contributed by atoms with van der Waals surface area (Å²) in [4.78, 5) is 33.2. The van der Waals surface area contributed by atoms with Crippen molar-refractivity contribution in [3.8, 4) is 17.3 Å². The van der Waals surface area contributed by atoms with Crippen molar-refractivity contribution in [3.63, 3.8) is 0 Å². The van der Waals surface area contributed by atoms with E-state index >= 15 is 0 Å². The third-order valence-electron chi connectivity index (χ3n) is 3.90. The number of carbonyl (C=O) groups is 1. The molecule has 0 bridgehead atoms. The molecule has 0 saturated carbocycles. The van der Waals surface area contributed by atoms with Gasteiger partial charge in [0.2, 0.25) is 0 Å². The van der Waals surface area contributed by atoms with Crippen LogP contribution in [0.15, 0.2) is 71.8 Å². The fraction of sp³-hybridized carbons (Fsp3) is 0.100. The number of nitriles is 1. The van der Waals surface area contributed by atoms with Crippen LogP contribution in [0.1, 0.15) is 15.9 Å². The maximum atomic E-state index is 12.8. The number of hydrogen-bond donors (Lipinski definition) is 1. The molecule has 1 aromatic carbocycles. The van der Waals surface area contributed by atoms with Crippen LogP contribution in [-0.2, 0) is 6.54 Å². The molecule has 0 aliphatic carbocycles. The van der Waals surface area contributed by atoms with Gasteiger partial charge in [-0.3, -0.25) is 14.6 Å². The number of pyridine rings is 2. The first-order valence-corrected chi connectivity index (χ1v) is 8.03. The minimum atomic E-state index is -0.486. The zero-order valence-electron chi connectivity index (χ0n) is 13.9. The van der Waals surface area contributed by atoms with Gasteiger partial charge in [0, 0.05) is 30.2 Å². The molecule has 0 fully saturated rings. The number of amides is 1. The van der Waals surface area contributed by atoms with Gasteiger partial charge in [0.05, 0.1) is 6.07 Å². The van der Waals surface area contributed by atoms with E-state index in [4.69, 9.17) is 5.26 Å². The summed E-state index contributed by atoms with van der Waals surface area (Å²) in [6.07, 6.45) is 3.25.